The molecule has 6 nitrogen and oxygen atoms in total. The number of carbonyl (C=O) groups excluding carboxylic acids is 1. The Labute approximate surface area is 119 Å². The number of sulfonamides is 1. The van der Waals surface area contributed by atoms with Crippen LogP contribution in [0.2, 0.25) is 0 Å². The Bertz CT molecular complexity index is 602. The van der Waals surface area contributed by atoms with Gasteiger partial charge in [-0.05, 0) is 27.2 Å². The van der Waals surface area contributed by atoms with Gasteiger partial charge in [-0.3, -0.25) is 0 Å². The topological polar surface area (TPSA) is 88.3 Å². The summed E-state index contributed by atoms with van der Waals surface area (Å²) in [6, 6.07) is 0. The predicted molar refractivity (Wildman–Crippen MR) is 76.2 cm³/mol. The average molecular weight is 300 g/mol. The van der Waals surface area contributed by atoms with Crippen LogP contribution in [0.4, 0.5) is 0 Å². The summed E-state index contributed by atoms with van der Waals surface area (Å²) in [4.78, 5) is 14.6. The maximum Gasteiger partial charge on any atom is 0.355 e. The van der Waals surface area contributed by atoms with Gasteiger partial charge in [0.2, 0.25) is 10.0 Å². The van der Waals surface area contributed by atoms with E-state index in [-0.39, 0.29) is 23.7 Å². The van der Waals surface area contributed by atoms with Crippen LogP contribution in [0.3, 0.4) is 0 Å². The Kier molecular flexibility index (Phi) is 5.52. The van der Waals surface area contributed by atoms with Crippen LogP contribution in [0.25, 0.3) is 0 Å². The standard InChI is InChI=1S/C13H20N2O4S/c1-5-7-8-14-20(17,18)12-9(3)11(15-10(12)4)13(16)19-6-2/h5,14-15H,1,6-8H2,2-4H3. The molecule has 1 rings (SSSR count). The van der Waals surface area contributed by atoms with Gasteiger partial charge in [0, 0.05) is 17.8 Å². The molecule has 0 saturated heterocycles. The summed E-state index contributed by atoms with van der Waals surface area (Å²) in [5.74, 6) is -0.555. The predicted octanol–water partition coefficient (Wildman–Crippen LogP) is 1.66. The average Bonchev–Trinajstić information content (AvgIpc) is 2.66. The van der Waals surface area contributed by atoms with Crippen molar-refractivity contribution < 1.29 is 17.9 Å². The van der Waals surface area contributed by atoms with E-state index in [9.17, 15) is 13.2 Å². The van der Waals surface area contributed by atoms with Crippen molar-refractivity contribution in [2.75, 3.05) is 13.2 Å². The molecule has 0 saturated carbocycles. The largest absolute Gasteiger partial charge is 0.461 e. The molecule has 1 aromatic heterocycles. The van der Waals surface area contributed by atoms with Crippen LogP contribution >= 0.6 is 0 Å². The first-order chi connectivity index (χ1) is 9.35. The summed E-state index contributed by atoms with van der Waals surface area (Å²) in [6.45, 7) is 8.92. The molecular formula is C13H20N2O4S. The van der Waals surface area contributed by atoms with E-state index >= 15 is 0 Å². The number of ether oxygens (including phenoxy) is 1. The van der Waals surface area contributed by atoms with Gasteiger partial charge in [-0.1, -0.05) is 6.08 Å². The molecule has 20 heavy (non-hydrogen) atoms. The van der Waals surface area contributed by atoms with Gasteiger partial charge in [0.25, 0.3) is 0 Å². The SMILES string of the molecule is C=CCCNS(=O)(=O)c1c(C)[nH]c(C(=O)OCC)c1C. The van der Waals surface area contributed by atoms with E-state index in [4.69, 9.17) is 4.74 Å². The molecule has 0 unspecified atom stereocenters. The van der Waals surface area contributed by atoms with Crippen LogP contribution in [-0.4, -0.2) is 32.5 Å². The Morgan fingerprint density at radius 2 is 2.10 bits per heavy atom. The second-order valence-corrected chi connectivity index (χ2v) is 5.98. The molecule has 0 fully saturated rings. The molecule has 0 radical (unpaired) electrons. The molecule has 1 heterocycles. The fourth-order valence-corrected chi connectivity index (χ4v) is 3.40. The molecule has 1 aromatic rings. The highest BCUT2D eigenvalue weighted by molar-refractivity contribution is 7.89. The summed E-state index contributed by atoms with van der Waals surface area (Å²) >= 11 is 0. The number of aryl methyl sites for hydroxylation is 1. The van der Waals surface area contributed by atoms with Crippen molar-refractivity contribution in [3.63, 3.8) is 0 Å². The maximum absolute atomic E-state index is 12.2. The van der Waals surface area contributed by atoms with Crippen LogP contribution in [0.1, 0.15) is 35.1 Å². The lowest BCUT2D eigenvalue weighted by atomic mass is 10.2. The molecule has 0 aliphatic rings. The number of aromatic amines is 1. The molecule has 7 heteroatoms. The first-order valence-corrected chi connectivity index (χ1v) is 7.80. The normalized spacial score (nSPS) is 11.3. The van der Waals surface area contributed by atoms with Crippen molar-refractivity contribution in [1.82, 2.24) is 9.71 Å². The van der Waals surface area contributed by atoms with E-state index in [2.05, 4.69) is 16.3 Å². The van der Waals surface area contributed by atoms with Crippen LogP contribution in [-0.2, 0) is 14.8 Å². The molecule has 0 aliphatic carbocycles. The van der Waals surface area contributed by atoms with Crippen LogP contribution in [0.5, 0.6) is 0 Å². The molecule has 0 bridgehead atoms. The number of carbonyl (C=O) groups is 1. The third-order valence-electron chi connectivity index (χ3n) is 2.76. The Hall–Kier alpha value is -1.60. The lowest BCUT2D eigenvalue weighted by Gasteiger charge is -2.06. The van der Waals surface area contributed by atoms with Gasteiger partial charge in [-0.15, -0.1) is 6.58 Å². The maximum atomic E-state index is 12.2. The van der Waals surface area contributed by atoms with Gasteiger partial charge in [-0.25, -0.2) is 17.9 Å². The van der Waals surface area contributed by atoms with Gasteiger partial charge in [0.15, 0.2) is 0 Å². The van der Waals surface area contributed by atoms with E-state index in [0.29, 0.717) is 17.7 Å². The van der Waals surface area contributed by atoms with Crippen molar-refractivity contribution in [2.24, 2.45) is 0 Å². The lowest BCUT2D eigenvalue weighted by Crippen LogP contribution is -2.25. The molecule has 112 valence electrons. The van der Waals surface area contributed by atoms with E-state index < -0.39 is 16.0 Å². The minimum Gasteiger partial charge on any atom is -0.461 e. The summed E-state index contributed by atoms with van der Waals surface area (Å²) < 4.78 is 31.8. The smallest absolute Gasteiger partial charge is 0.355 e. The number of esters is 1. The first-order valence-electron chi connectivity index (χ1n) is 6.32. The van der Waals surface area contributed by atoms with Crippen molar-refractivity contribution in [2.45, 2.75) is 32.1 Å². The van der Waals surface area contributed by atoms with Gasteiger partial charge >= 0.3 is 5.97 Å². The zero-order chi connectivity index (χ0) is 15.3. The van der Waals surface area contributed by atoms with Gasteiger partial charge in [0.05, 0.1) is 6.61 Å². The summed E-state index contributed by atoms with van der Waals surface area (Å²) in [7, 11) is -3.66. The fraction of sp³-hybridized carbons (Fsp3) is 0.462. The number of hydrogen-bond donors (Lipinski definition) is 2. The van der Waals surface area contributed by atoms with E-state index in [1.807, 2.05) is 0 Å². The summed E-state index contributed by atoms with van der Waals surface area (Å²) in [5.41, 5.74) is 0.956. The van der Waals surface area contributed by atoms with Gasteiger partial charge in [-0.2, -0.15) is 0 Å². The van der Waals surface area contributed by atoms with E-state index in [0.717, 1.165) is 0 Å². The van der Waals surface area contributed by atoms with Crippen molar-refractivity contribution in [3.05, 3.63) is 29.6 Å². The van der Waals surface area contributed by atoms with Gasteiger partial charge in [0.1, 0.15) is 10.6 Å². The second-order valence-electron chi connectivity index (χ2n) is 4.27. The third-order valence-corrected chi connectivity index (χ3v) is 4.49. The molecule has 0 atom stereocenters. The molecule has 0 aromatic carbocycles. The minimum atomic E-state index is -3.66. The summed E-state index contributed by atoms with van der Waals surface area (Å²) in [5, 5.41) is 0. The van der Waals surface area contributed by atoms with E-state index in [1.165, 1.54) is 0 Å². The highest BCUT2D eigenvalue weighted by Gasteiger charge is 2.26. The number of H-pyrrole nitrogens is 1. The van der Waals surface area contributed by atoms with Gasteiger partial charge < -0.3 is 9.72 Å². The molecular weight excluding hydrogens is 280 g/mol. The monoisotopic (exact) mass is 300 g/mol. The highest BCUT2D eigenvalue weighted by Crippen LogP contribution is 2.23. The van der Waals surface area contributed by atoms with Crippen LogP contribution in [0.15, 0.2) is 17.6 Å². The van der Waals surface area contributed by atoms with Crippen molar-refractivity contribution >= 4 is 16.0 Å². The number of aromatic nitrogens is 1. The second kappa shape index (κ2) is 6.71. The van der Waals surface area contributed by atoms with Crippen LogP contribution < -0.4 is 4.72 Å². The first kappa shape index (κ1) is 16.5. The molecule has 0 spiro atoms. The zero-order valence-corrected chi connectivity index (χ0v) is 12.8. The van der Waals surface area contributed by atoms with E-state index in [1.54, 1.807) is 26.8 Å². The lowest BCUT2D eigenvalue weighted by molar-refractivity contribution is 0.0519. The quantitative estimate of drug-likeness (QED) is 0.455. The number of rotatable bonds is 7. The number of nitrogens with one attached hydrogen (secondary N) is 2. The highest BCUT2D eigenvalue weighted by atomic mass is 32.2. The fourth-order valence-electron chi connectivity index (χ4n) is 1.91. The summed E-state index contributed by atoms with van der Waals surface area (Å²) in [6.07, 6.45) is 2.16. The third kappa shape index (κ3) is 3.49. The molecule has 0 amide bonds. The number of hydrogen-bond acceptors (Lipinski definition) is 4. The minimum absolute atomic E-state index is 0.101. The molecule has 0 aliphatic heterocycles. The molecule has 2 N–H and O–H groups in total. The van der Waals surface area contributed by atoms with Crippen molar-refractivity contribution in [1.29, 1.82) is 0 Å². The Balaban J connectivity index is 3.13. The zero-order valence-electron chi connectivity index (χ0n) is 11.9. The van der Waals surface area contributed by atoms with Crippen LogP contribution in [0, 0.1) is 13.8 Å². The Morgan fingerprint density at radius 3 is 2.65 bits per heavy atom. The Morgan fingerprint density at radius 1 is 1.45 bits per heavy atom. The van der Waals surface area contributed by atoms with Crippen molar-refractivity contribution in [3.8, 4) is 0 Å².